The maximum Gasteiger partial charge on any atom is 0.256 e. The minimum atomic E-state index is -0.0977. The zero-order valence-electron chi connectivity index (χ0n) is 19.0. The minimum Gasteiger partial charge on any atom is -0.369 e. The molecular formula is C28H28ClN3O. The molecule has 0 unspecified atom stereocenters. The third-order valence-electron chi connectivity index (χ3n) is 6.61. The lowest BCUT2D eigenvalue weighted by atomic mass is 10.0. The van der Waals surface area contributed by atoms with Crippen LogP contribution in [-0.4, -0.2) is 42.1 Å². The van der Waals surface area contributed by atoms with E-state index in [0.29, 0.717) is 16.6 Å². The van der Waals surface area contributed by atoms with Gasteiger partial charge < -0.3 is 9.88 Å². The molecule has 0 saturated carbocycles. The first kappa shape index (κ1) is 21.7. The van der Waals surface area contributed by atoms with Crippen LogP contribution >= 0.6 is 11.6 Å². The van der Waals surface area contributed by atoms with E-state index in [4.69, 9.17) is 11.6 Å². The van der Waals surface area contributed by atoms with Gasteiger partial charge >= 0.3 is 0 Å². The maximum absolute atomic E-state index is 12.6. The normalized spacial score (nSPS) is 14.8. The molecule has 0 amide bonds. The van der Waals surface area contributed by atoms with Crippen molar-refractivity contribution in [1.29, 1.82) is 0 Å². The quantitative estimate of drug-likeness (QED) is 0.405. The molecule has 0 radical (unpaired) electrons. The molecular weight excluding hydrogens is 430 g/mol. The van der Waals surface area contributed by atoms with E-state index in [1.165, 1.54) is 11.3 Å². The van der Waals surface area contributed by atoms with Gasteiger partial charge in [0.2, 0.25) is 0 Å². The number of anilines is 1. The average Bonchev–Trinajstić information content (AvgIpc) is 2.84. The number of halogens is 1. The molecule has 0 spiro atoms. The number of hydrogen-bond donors (Lipinski definition) is 1. The number of nitrogens with zero attached hydrogens (tertiary/aromatic N) is 2. The predicted octanol–water partition coefficient (Wildman–Crippen LogP) is 6.05. The highest BCUT2D eigenvalue weighted by Crippen LogP contribution is 2.28. The first-order chi connectivity index (χ1) is 16.0. The highest BCUT2D eigenvalue weighted by Gasteiger charge is 2.19. The second kappa shape index (κ2) is 9.05. The zero-order valence-corrected chi connectivity index (χ0v) is 19.8. The zero-order chi connectivity index (χ0) is 22.9. The highest BCUT2D eigenvalue weighted by atomic mass is 35.5. The highest BCUT2D eigenvalue weighted by molar-refractivity contribution is 6.30. The van der Waals surface area contributed by atoms with Crippen molar-refractivity contribution in [3.8, 4) is 22.3 Å². The summed E-state index contributed by atoms with van der Waals surface area (Å²) < 4.78 is 0. The molecule has 5 rings (SSSR count). The summed E-state index contributed by atoms with van der Waals surface area (Å²) in [5, 5.41) is 1.66. The Balaban J connectivity index is 1.41. The van der Waals surface area contributed by atoms with Gasteiger partial charge in [0.05, 0.1) is 0 Å². The van der Waals surface area contributed by atoms with Crippen LogP contribution in [0.2, 0.25) is 5.02 Å². The summed E-state index contributed by atoms with van der Waals surface area (Å²) in [6.07, 6.45) is 0. The van der Waals surface area contributed by atoms with Gasteiger partial charge in [-0.3, -0.25) is 9.69 Å². The van der Waals surface area contributed by atoms with Crippen LogP contribution in [0.4, 0.5) is 5.69 Å². The molecule has 168 valence electrons. The molecule has 1 aliphatic rings. The molecule has 1 fully saturated rings. The number of rotatable bonds is 4. The summed E-state index contributed by atoms with van der Waals surface area (Å²) >= 11 is 6.01. The number of aromatic amines is 1. The number of H-pyrrole nitrogens is 1. The number of fused-ring (bicyclic) bond motifs is 1. The van der Waals surface area contributed by atoms with E-state index in [-0.39, 0.29) is 5.56 Å². The Bertz CT molecular complexity index is 1320. The Kier molecular flexibility index (Phi) is 5.96. The smallest absolute Gasteiger partial charge is 0.256 e. The van der Waals surface area contributed by atoms with E-state index in [1.54, 1.807) is 12.1 Å². The van der Waals surface area contributed by atoms with E-state index in [9.17, 15) is 4.79 Å². The number of aromatic nitrogens is 1. The van der Waals surface area contributed by atoms with Crippen LogP contribution in [0.15, 0.2) is 77.6 Å². The second-order valence-corrected chi connectivity index (χ2v) is 9.42. The van der Waals surface area contributed by atoms with Gasteiger partial charge in [-0.25, -0.2) is 0 Å². The van der Waals surface area contributed by atoms with Crippen LogP contribution < -0.4 is 10.5 Å². The standard InChI is InChI=1S/C28H28ClN3O/c1-19(2)31-13-15-32(16-14-31)25-10-5-20(6-11-25)22-7-12-27-23(17-22)18-26(28(33)30-27)21-3-8-24(29)9-4-21/h3-12,17-19H,13-16H2,1-2H3,(H,30,33). The Morgan fingerprint density at radius 2 is 1.42 bits per heavy atom. The molecule has 3 aromatic carbocycles. The van der Waals surface area contributed by atoms with Gasteiger partial charge in [-0.2, -0.15) is 0 Å². The largest absolute Gasteiger partial charge is 0.369 e. The fourth-order valence-corrected chi connectivity index (χ4v) is 4.72. The van der Waals surface area contributed by atoms with Crippen LogP contribution in [0.3, 0.4) is 0 Å². The fourth-order valence-electron chi connectivity index (χ4n) is 4.59. The van der Waals surface area contributed by atoms with Crippen LogP contribution in [0.1, 0.15) is 13.8 Å². The van der Waals surface area contributed by atoms with Crippen LogP contribution in [0, 0.1) is 0 Å². The van der Waals surface area contributed by atoms with Crippen LogP contribution in [-0.2, 0) is 0 Å². The van der Waals surface area contributed by atoms with Crippen molar-refractivity contribution < 1.29 is 0 Å². The number of piperazine rings is 1. The lowest BCUT2D eigenvalue weighted by Crippen LogP contribution is -2.48. The van der Waals surface area contributed by atoms with Crippen molar-refractivity contribution in [3.63, 3.8) is 0 Å². The monoisotopic (exact) mass is 457 g/mol. The van der Waals surface area contributed by atoms with Gasteiger partial charge in [0.15, 0.2) is 0 Å². The Morgan fingerprint density at radius 3 is 2.09 bits per heavy atom. The van der Waals surface area contributed by atoms with Gasteiger partial charge in [-0.1, -0.05) is 41.9 Å². The van der Waals surface area contributed by atoms with Crippen molar-refractivity contribution in [2.45, 2.75) is 19.9 Å². The number of hydrogen-bond acceptors (Lipinski definition) is 3. The molecule has 1 N–H and O–H groups in total. The van der Waals surface area contributed by atoms with E-state index < -0.39 is 0 Å². The maximum atomic E-state index is 12.6. The second-order valence-electron chi connectivity index (χ2n) is 8.98. The predicted molar refractivity (Wildman–Crippen MR) is 139 cm³/mol. The third kappa shape index (κ3) is 4.54. The molecule has 1 saturated heterocycles. The summed E-state index contributed by atoms with van der Waals surface area (Å²) in [5.41, 5.74) is 5.81. The summed E-state index contributed by atoms with van der Waals surface area (Å²) in [7, 11) is 0. The first-order valence-electron chi connectivity index (χ1n) is 11.5. The van der Waals surface area contributed by atoms with Gasteiger partial charge in [-0.05, 0) is 78.4 Å². The Morgan fingerprint density at radius 1 is 0.788 bits per heavy atom. The van der Waals surface area contributed by atoms with E-state index in [0.717, 1.165) is 48.2 Å². The molecule has 2 heterocycles. The van der Waals surface area contributed by atoms with Gasteiger partial charge in [-0.15, -0.1) is 0 Å². The Hall–Kier alpha value is -3.08. The number of benzene rings is 3. The van der Waals surface area contributed by atoms with E-state index in [1.807, 2.05) is 24.3 Å². The van der Waals surface area contributed by atoms with E-state index in [2.05, 4.69) is 65.0 Å². The molecule has 0 atom stereocenters. The number of pyridine rings is 1. The lowest BCUT2D eigenvalue weighted by molar-refractivity contribution is 0.209. The van der Waals surface area contributed by atoms with Crippen LogP contribution in [0.25, 0.3) is 33.2 Å². The van der Waals surface area contributed by atoms with Crippen molar-refractivity contribution in [2.75, 3.05) is 31.1 Å². The SMILES string of the molecule is CC(C)N1CCN(c2ccc(-c3ccc4[nH]c(=O)c(-c5ccc(Cl)cc5)cc4c3)cc2)CC1. The molecule has 0 bridgehead atoms. The van der Waals surface area contributed by atoms with Crippen LogP contribution in [0.5, 0.6) is 0 Å². The van der Waals surface area contributed by atoms with Gasteiger partial charge in [0.1, 0.15) is 0 Å². The number of nitrogens with one attached hydrogen (secondary N) is 1. The third-order valence-corrected chi connectivity index (χ3v) is 6.86. The first-order valence-corrected chi connectivity index (χ1v) is 11.9. The molecule has 5 heteroatoms. The molecule has 33 heavy (non-hydrogen) atoms. The van der Waals surface area contributed by atoms with Crippen molar-refractivity contribution in [2.24, 2.45) is 0 Å². The lowest BCUT2D eigenvalue weighted by Gasteiger charge is -2.38. The molecule has 1 aliphatic heterocycles. The minimum absolute atomic E-state index is 0.0977. The molecule has 1 aromatic heterocycles. The molecule has 4 nitrogen and oxygen atoms in total. The van der Waals surface area contributed by atoms with E-state index >= 15 is 0 Å². The molecule has 4 aromatic rings. The summed E-state index contributed by atoms with van der Waals surface area (Å²) in [4.78, 5) is 20.6. The summed E-state index contributed by atoms with van der Waals surface area (Å²) in [5.74, 6) is 0. The van der Waals surface area contributed by atoms with Crippen molar-refractivity contribution in [3.05, 3.63) is 88.2 Å². The van der Waals surface area contributed by atoms with Gasteiger partial charge in [0.25, 0.3) is 5.56 Å². The van der Waals surface area contributed by atoms with Crippen molar-refractivity contribution >= 4 is 28.2 Å². The summed E-state index contributed by atoms with van der Waals surface area (Å²) in [6.45, 7) is 8.88. The average molecular weight is 458 g/mol. The Labute approximate surface area is 199 Å². The van der Waals surface area contributed by atoms with Crippen molar-refractivity contribution in [1.82, 2.24) is 9.88 Å². The topological polar surface area (TPSA) is 39.3 Å². The summed E-state index contributed by atoms with van der Waals surface area (Å²) in [6, 6.07) is 24.9. The fraction of sp³-hybridized carbons (Fsp3) is 0.250. The van der Waals surface area contributed by atoms with Gasteiger partial charge in [0, 0.05) is 54.0 Å². The molecule has 0 aliphatic carbocycles.